The van der Waals surface area contributed by atoms with E-state index in [1.165, 1.54) is 7.11 Å². The zero-order valence-electron chi connectivity index (χ0n) is 10.2. The first-order chi connectivity index (χ1) is 7.04. The largest absolute Gasteiger partial charge is 0.469 e. The highest BCUT2D eigenvalue weighted by atomic mass is 16.5. The molecule has 0 spiro atoms. The molecule has 0 aromatic carbocycles. The standard InChI is InChI=1S/C11H22N2O2/c1-9-7-13(6-5-11(14)15-4)8-10(9)12(2)3/h9-10H,5-8H2,1-4H3. The second kappa shape index (κ2) is 5.47. The molecular formula is C11H22N2O2. The van der Waals surface area contributed by atoms with Crippen LogP contribution in [0.2, 0.25) is 0 Å². The average molecular weight is 214 g/mol. The third kappa shape index (κ3) is 3.47. The van der Waals surface area contributed by atoms with Crippen LogP contribution >= 0.6 is 0 Å². The summed E-state index contributed by atoms with van der Waals surface area (Å²) in [5.74, 6) is 0.564. The number of hydrogen-bond donors (Lipinski definition) is 0. The van der Waals surface area contributed by atoms with Crippen molar-refractivity contribution in [1.29, 1.82) is 0 Å². The highest BCUT2D eigenvalue weighted by molar-refractivity contribution is 5.69. The molecule has 0 N–H and O–H groups in total. The number of likely N-dealkylation sites (N-methyl/N-ethyl adjacent to an activating group) is 1. The molecule has 0 amide bonds. The van der Waals surface area contributed by atoms with Crippen LogP contribution in [0.4, 0.5) is 0 Å². The minimum absolute atomic E-state index is 0.115. The van der Waals surface area contributed by atoms with Gasteiger partial charge < -0.3 is 14.5 Å². The lowest BCUT2D eigenvalue weighted by atomic mass is 10.1. The van der Waals surface area contributed by atoms with E-state index in [0.717, 1.165) is 19.6 Å². The molecule has 1 saturated heterocycles. The molecule has 4 heteroatoms. The predicted octanol–water partition coefficient (Wildman–Crippen LogP) is 0.431. The van der Waals surface area contributed by atoms with E-state index in [-0.39, 0.29) is 5.97 Å². The second-order valence-electron chi connectivity index (χ2n) is 4.59. The van der Waals surface area contributed by atoms with Crippen molar-refractivity contribution in [3.8, 4) is 0 Å². The number of nitrogens with zero attached hydrogens (tertiary/aromatic N) is 2. The lowest BCUT2D eigenvalue weighted by Gasteiger charge is -2.22. The van der Waals surface area contributed by atoms with E-state index in [0.29, 0.717) is 18.4 Å². The Hall–Kier alpha value is -0.610. The molecule has 1 heterocycles. The van der Waals surface area contributed by atoms with Crippen LogP contribution in [0.25, 0.3) is 0 Å². The predicted molar refractivity (Wildman–Crippen MR) is 59.7 cm³/mol. The molecule has 1 fully saturated rings. The van der Waals surface area contributed by atoms with Gasteiger partial charge in [0.1, 0.15) is 0 Å². The van der Waals surface area contributed by atoms with Crippen LogP contribution in [-0.2, 0) is 9.53 Å². The van der Waals surface area contributed by atoms with Gasteiger partial charge in [0, 0.05) is 25.7 Å². The molecule has 4 nitrogen and oxygen atoms in total. The third-order valence-corrected chi connectivity index (χ3v) is 3.17. The van der Waals surface area contributed by atoms with Gasteiger partial charge in [0.2, 0.25) is 0 Å². The molecule has 15 heavy (non-hydrogen) atoms. The highest BCUT2D eigenvalue weighted by Crippen LogP contribution is 2.19. The van der Waals surface area contributed by atoms with Crippen LogP contribution in [-0.4, -0.2) is 62.7 Å². The topological polar surface area (TPSA) is 32.8 Å². The summed E-state index contributed by atoms with van der Waals surface area (Å²) >= 11 is 0. The van der Waals surface area contributed by atoms with Crippen molar-refractivity contribution in [1.82, 2.24) is 9.80 Å². The van der Waals surface area contributed by atoms with Gasteiger partial charge in [0.05, 0.1) is 13.5 Å². The van der Waals surface area contributed by atoms with E-state index in [9.17, 15) is 4.79 Å². The fraction of sp³-hybridized carbons (Fsp3) is 0.909. The van der Waals surface area contributed by atoms with Gasteiger partial charge in [-0.05, 0) is 20.0 Å². The van der Waals surface area contributed by atoms with Gasteiger partial charge in [0.15, 0.2) is 0 Å². The maximum absolute atomic E-state index is 11.0. The Morgan fingerprint density at radius 2 is 2.13 bits per heavy atom. The fourth-order valence-electron chi connectivity index (χ4n) is 2.25. The summed E-state index contributed by atoms with van der Waals surface area (Å²) in [5, 5.41) is 0. The van der Waals surface area contributed by atoms with Crippen molar-refractivity contribution >= 4 is 5.97 Å². The van der Waals surface area contributed by atoms with E-state index in [1.807, 2.05) is 0 Å². The summed E-state index contributed by atoms with van der Waals surface area (Å²) in [6, 6.07) is 0.614. The van der Waals surface area contributed by atoms with E-state index >= 15 is 0 Å². The van der Waals surface area contributed by atoms with Crippen LogP contribution in [0.3, 0.4) is 0 Å². The first kappa shape index (κ1) is 12.5. The van der Waals surface area contributed by atoms with Gasteiger partial charge in [-0.1, -0.05) is 6.92 Å². The van der Waals surface area contributed by atoms with Crippen molar-refractivity contribution < 1.29 is 9.53 Å². The van der Waals surface area contributed by atoms with Gasteiger partial charge in [-0.25, -0.2) is 0 Å². The minimum Gasteiger partial charge on any atom is -0.469 e. The smallest absolute Gasteiger partial charge is 0.306 e. The number of carbonyl (C=O) groups excluding carboxylic acids is 1. The minimum atomic E-state index is -0.115. The third-order valence-electron chi connectivity index (χ3n) is 3.17. The molecule has 2 atom stereocenters. The Morgan fingerprint density at radius 3 is 2.60 bits per heavy atom. The number of hydrogen-bond acceptors (Lipinski definition) is 4. The van der Waals surface area contributed by atoms with Crippen molar-refractivity contribution in [3.05, 3.63) is 0 Å². The van der Waals surface area contributed by atoms with Gasteiger partial charge in [-0.3, -0.25) is 4.79 Å². The summed E-state index contributed by atoms with van der Waals surface area (Å²) < 4.78 is 4.64. The van der Waals surface area contributed by atoms with Gasteiger partial charge in [0.25, 0.3) is 0 Å². The van der Waals surface area contributed by atoms with Crippen molar-refractivity contribution in [3.63, 3.8) is 0 Å². The maximum atomic E-state index is 11.0. The molecule has 88 valence electrons. The molecule has 0 saturated carbocycles. The molecule has 0 radical (unpaired) electrons. The van der Waals surface area contributed by atoms with E-state index in [2.05, 4.69) is 35.6 Å². The maximum Gasteiger partial charge on any atom is 0.306 e. The molecular weight excluding hydrogens is 192 g/mol. The number of esters is 1. The van der Waals surface area contributed by atoms with E-state index < -0.39 is 0 Å². The fourth-order valence-corrected chi connectivity index (χ4v) is 2.25. The molecule has 1 rings (SSSR count). The molecule has 0 aromatic rings. The Balaban J connectivity index is 2.32. The Bertz CT molecular complexity index is 219. The molecule has 1 aliphatic heterocycles. The van der Waals surface area contributed by atoms with Gasteiger partial charge in [-0.2, -0.15) is 0 Å². The first-order valence-corrected chi connectivity index (χ1v) is 5.50. The lowest BCUT2D eigenvalue weighted by molar-refractivity contribution is -0.140. The highest BCUT2D eigenvalue weighted by Gasteiger charge is 2.30. The summed E-state index contributed by atoms with van der Waals surface area (Å²) in [4.78, 5) is 15.6. The van der Waals surface area contributed by atoms with Crippen LogP contribution in [0.5, 0.6) is 0 Å². The molecule has 0 bridgehead atoms. The zero-order valence-corrected chi connectivity index (χ0v) is 10.2. The monoisotopic (exact) mass is 214 g/mol. The van der Waals surface area contributed by atoms with Crippen LogP contribution in [0.15, 0.2) is 0 Å². The van der Waals surface area contributed by atoms with Crippen LogP contribution in [0, 0.1) is 5.92 Å². The van der Waals surface area contributed by atoms with Crippen LogP contribution < -0.4 is 0 Å². The van der Waals surface area contributed by atoms with E-state index in [4.69, 9.17) is 0 Å². The average Bonchev–Trinajstić information content (AvgIpc) is 2.56. The number of methoxy groups -OCH3 is 1. The lowest BCUT2D eigenvalue weighted by Crippen LogP contribution is -2.34. The SMILES string of the molecule is COC(=O)CCN1CC(C)C(N(C)C)C1. The molecule has 1 aliphatic rings. The Morgan fingerprint density at radius 1 is 1.47 bits per heavy atom. The van der Waals surface area contributed by atoms with Gasteiger partial charge in [-0.15, -0.1) is 0 Å². The summed E-state index contributed by atoms with van der Waals surface area (Å²) in [7, 11) is 5.67. The summed E-state index contributed by atoms with van der Waals surface area (Å²) in [6.07, 6.45) is 0.503. The van der Waals surface area contributed by atoms with Crippen molar-refractivity contribution in [2.45, 2.75) is 19.4 Å². The first-order valence-electron chi connectivity index (χ1n) is 5.50. The molecule has 0 aliphatic carbocycles. The number of rotatable bonds is 4. The Kier molecular flexibility index (Phi) is 4.54. The van der Waals surface area contributed by atoms with E-state index in [1.54, 1.807) is 0 Å². The quantitative estimate of drug-likeness (QED) is 0.635. The van der Waals surface area contributed by atoms with Crippen molar-refractivity contribution in [2.24, 2.45) is 5.92 Å². The second-order valence-corrected chi connectivity index (χ2v) is 4.59. The number of ether oxygens (including phenoxy) is 1. The molecule has 2 unspecified atom stereocenters. The van der Waals surface area contributed by atoms with Crippen LogP contribution in [0.1, 0.15) is 13.3 Å². The Labute approximate surface area is 92.2 Å². The zero-order chi connectivity index (χ0) is 11.4. The van der Waals surface area contributed by atoms with Crippen molar-refractivity contribution in [2.75, 3.05) is 40.8 Å². The normalized spacial score (nSPS) is 27.3. The number of carbonyl (C=O) groups is 1. The van der Waals surface area contributed by atoms with Gasteiger partial charge >= 0.3 is 5.97 Å². The molecule has 0 aromatic heterocycles. The summed E-state index contributed by atoms with van der Waals surface area (Å²) in [6.45, 7) is 5.23. The number of likely N-dealkylation sites (tertiary alicyclic amines) is 1. The summed E-state index contributed by atoms with van der Waals surface area (Å²) in [5.41, 5.74) is 0.